The van der Waals surface area contributed by atoms with Crippen LogP contribution in [-0.4, -0.2) is 43.0 Å². The summed E-state index contributed by atoms with van der Waals surface area (Å²) in [6.45, 7) is 4.45. The number of unbranched alkanes of at least 4 members (excludes halogenated alkanes) is 5. The first kappa shape index (κ1) is 22.4. The second kappa shape index (κ2) is 15.0. The molecule has 2 atom stereocenters. The number of carbonyl (C=O) groups is 2. The first-order valence-electron chi connectivity index (χ1n) is 8.92. The van der Waals surface area contributed by atoms with Gasteiger partial charge in [-0.25, -0.2) is 9.59 Å². The fourth-order valence-corrected chi connectivity index (χ4v) is 2.08. The van der Waals surface area contributed by atoms with Gasteiger partial charge in [-0.1, -0.05) is 64.5 Å². The minimum absolute atomic E-state index is 0.306. The number of rotatable bonds is 13. The van der Waals surface area contributed by atoms with Crippen molar-refractivity contribution in [1.29, 1.82) is 0 Å². The molecule has 0 heterocycles. The maximum absolute atomic E-state index is 11.7. The number of hydrogen-bond donors (Lipinski definition) is 2. The average Bonchev–Trinajstić information content (AvgIpc) is 2.57. The van der Waals surface area contributed by atoms with Gasteiger partial charge in [-0.2, -0.15) is 0 Å². The quantitative estimate of drug-likeness (QED) is 0.304. The third-order valence-electron chi connectivity index (χ3n) is 3.59. The number of amides is 1. The molecule has 2 N–H and O–H groups in total. The van der Waals surface area contributed by atoms with E-state index in [0.717, 1.165) is 25.7 Å². The molecule has 0 bridgehead atoms. The van der Waals surface area contributed by atoms with Gasteiger partial charge in [0.2, 0.25) is 0 Å². The van der Waals surface area contributed by atoms with Gasteiger partial charge in [0.15, 0.2) is 0 Å². The van der Waals surface area contributed by atoms with Crippen LogP contribution in [0.25, 0.3) is 0 Å². The van der Waals surface area contributed by atoms with E-state index in [-0.39, 0.29) is 0 Å². The van der Waals surface area contributed by atoms with E-state index in [4.69, 9.17) is 4.74 Å². The van der Waals surface area contributed by atoms with Crippen LogP contribution in [0.15, 0.2) is 12.2 Å². The number of nitrogens with one attached hydrogen (secondary N) is 1. The summed E-state index contributed by atoms with van der Waals surface area (Å²) >= 11 is 0. The molecule has 0 rings (SSSR count). The molecule has 0 saturated carbocycles. The Morgan fingerprint density at radius 3 is 2.33 bits per heavy atom. The maximum Gasteiger partial charge on any atom is 0.408 e. The van der Waals surface area contributed by atoms with Crippen LogP contribution in [-0.2, 0) is 14.3 Å². The molecule has 0 aromatic heterocycles. The number of alkyl carbamates (subject to hydrolysis) is 1. The van der Waals surface area contributed by atoms with Crippen LogP contribution >= 0.6 is 0 Å². The van der Waals surface area contributed by atoms with Crippen LogP contribution in [0.1, 0.15) is 65.2 Å². The molecular formula is C18H33NO5. The molecule has 0 aromatic rings. The monoisotopic (exact) mass is 343 g/mol. The summed E-state index contributed by atoms with van der Waals surface area (Å²) in [5, 5.41) is 12.4. The first-order valence-corrected chi connectivity index (χ1v) is 8.92. The molecule has 0 saturated heterocycles. The lowest BCUT2D eigenvalue weighted by atomic mass is 10.1. The Morgan fingerprint density at radius 1 is 1.04 bits per heavy atom. The van der Waals surface area contributed by atoms with Crippen molar-refractivity contribution in [3.8, 4) is 0 Å². The highest BCUT2D eigenvalue weighted by Gasteiger charge is 2.19. The van der Waals surface area contributed by atoms with Gasteiger partial charge in [0.1, 0.15) is 6.04 Å². The van der Waals surface area contributed by atoms with E-state index in [0.29, 0.717) is 13.0 Å². The van der Waals surface area contributed by atoms with Crippen molar-refractivity contribution < 1.29 is 24.2 Å². The number of hydrogen-bond acceptors (Lipinski definition) is 5. The molecule has 0 radical (unpaired) electrons. The van der Waals surface area contributed by atoms with Gasteiger partial charge in [-0.3, -0.25) is 0 Å². The summed E-state index contributed by atoms with van der Waals surface area (Å²) < 4.78 is 9.62. The van der Waals surface area contributed by atoms with E-state index in [9.17, 15) is 14.7 Å². The minimum atomic E-state index is -0.959. The Morgan fingerprint density at radius 2 is 1.71 bits per heavy atom. The zero-order valence-corrected chi connectivity index (χ0v) is 15.3. The van der Waals surface area contributed by atoms with Crippen molar-refractivity contribution in [2.45, 2.75) is 77.4 Å². The van der Waals surface area contributed by atoms with E-state index < -0.39 is 24.2 Å². The second-order valence-electron chi connectivity index (χ2n) is 5.79. The SMILES string of the molecule is CCCCCCCC(O)/C=C/C(NC(=O)OCCCC)C(=O)OC. The van der Waals surface area contributed by atoms with Crippen LogP contribution < -0.4 is 5.32 Å². The normalized spacial score (nSPS) is 13.5. The maximum atomic E-state index is 11.7. The average molecular weight is 343 g/mol. The number of aliphatic hydroxyl groups excluding tert-OH is 1. The molecule has 1 amide bonds. The van der Waals surface area contributed by atoms with E-state index in [1.165, 1.54) is 38.5 Å². The summed E-state index contributed by atoms with van der Waals surface area (Å²) in [5.74, 6) is -0.603. The molecule has 2 unspecified atom stereocenters. The van der Waals surface area contributed by atoms with Crippen LogP contribution in [0.5, 0.6) is 0 Å². The minimum Gasteiger partial charge on any atom is -0.467 e. The van der Waals surface area contributed by atoms with Gasteiger partial charge in [-0.15, -0.1) is 0 Å². The molecule has 24 heavy (non-hydrogen) atoms. The highest BCUT2D eigenvalue weighted by molar-refractivity contribution is 5.83. The predicted octanol–water partition coefficient (Wildman–Crippen LogP) is 3.33. The van der Waals surface area contributed by atoms with Crippen molar-refractivity contribution in [1.82, 2.24) is 5.32 Å². The van der Waals surface area contributed by atoms with E-state index in [1.54, 1.807) is 0 Å². The fraction of sp³-hybridized carbons (Fsp3) is 0.778. The fourth-order valence-electron chi connectivity index (χ4n) is 2.08. The number of ether oxygens (including phenoxy) is 2. The van der Waals surface area contributed by atoms with Gasteiger partial charge >= 0.3 is 12.1 Å². The van der Waals surface area contributed by atoms with Crippen LogP contribution in [0, 0.1) is 0 Å². The molecule has 0 aliphatic rings. The lowest BCUT2D eigenvalue weighted by Gasteiger charge is -2.14. The first-order chi connectivity index (χ1) is 11.5. The standard InChI is InChI=1S/C18H33NO5/c1-4-6-8-9-10-11-15(20)12-13-16(17(21)23-3)19-18(22)24-14-7-5-2/h12-13,15-16,20H,4-11,14H2,1-3H3,(H,19,22)/b13-12+. The van der Waals surface area contributed by atoms with E-state index in [1.807, 2.05) is 6.92 Å². The van der Waals surface area contributed by atoms with Crippen molar-refractivity contribution in [2.24, 2.45) is 0 Å². The Bertz CT molecular complexity index is 370. The number of esters is 1. The van der Waals surface area contributed by atoms with Gasteiger partial charge < -0.3 is 19.9 Å². The van der Waals surface area contributed by atoms with E-state index in [2.05, 4.69) is 17.0 Å². The molecule has 0 aliphatic carbocycles. The largest absolute Gasteiger partial charge is 0.467 e. The van der Waals surface area contributed by atoms with Crippen LogP contribution in [0.2, 0.25) is 0 Å². The second-order valence-corrected chi connectivity index (χ2v) is 5.79. The number of methoxy groups -OCH3 is 1. The van der Waals surface area contributed by atoms with Gasteiger partial charge in [0.25, 0.3) is 0 Å². The Kier molecular flexibility index (Phi) is 14.0. The van der Waals surface area contributed by atoms with Crippen LogP contribution in [0.4, 0.5) is 4.79 Å². The van der Waals surface area contributed by atoms with Crippen molar-refractivity contribution >= 4 is 12.1 Å². The van der Waals surface area contributed by atoms with Gasteiger partial charge in [-0.05, 0) is 12.8 Å². The third kappa shape index (κ3) is 11.9. The molecule has 0 aromatic carbocycles. The summed E-state index contributed by atoms with van der Waals surface area (Å²) in [6, 6.07) is -0.959. The molecule has 140 valence electrons. The Labute approximate surface area is 145 Å². The van der Waals surface area contributed by atoms with Gasteiger partial charge in [0.05, 0.1) is 19.8 Å². The molecule has 0 spiro atoms. The number of aliphatic hydroxyl groups is 1. The third-order valence-corrected chi connectivity index (χ3v) is 3.59. The Hall–Kier alpha value is -1.56. The molecule has 0 aliphatic heterocycles. The molecule has 6 heteroatoms. The summed E-state index contributed by atoms with van der Waals surface area (Å²) in [5.41, 5.74) is 0. The van der Waals surface area contributed by atoms with Gasteiger partial charge in [0, 0.05) is 0 Å². The van der Waals surface area contributed by atoms with Crippen molar-refractivity contribution in [2.75, 3.05) is 13.7 Å². The highest BCUT2D eigenvalue weighted by Crippen LogP contribution is 2.08. The molecular weight excluding hydrogens is 310 g/mol. The Balaban J connectivity index is 4.29. The predicted molar refractivity (Wildman–Crippen MR) is 93.7 cm³/mol. The van der Waals surface area contributed by atoms with Crippen LogP contribution in [0.3, 0.4) is 0 Å². The van der Waals surface area contributed by atoms with Crippen molar-refractivity contribution in [3.63, 3.8) is 0 Å². The van der Waals surface area contributed by atoms with Crippen molar-refractivity contribution in [3.05, 3.63) is 12.2 Å². The molecule has 0 fully saturated rings. The number of carbonyl (C=O) groups excluding carboxylic acids is 2. The smallest absolute Gasteiger partial charge is 0.408 e. The topological polar surface area (TPSA) is 84.9 Å². The summed E-state index contributed by atoms with van der Waals surface area (Å²) in [6.07, 6.45) is 9.55. The molecule has 6 nitrogen and oxygen atoms in total. The lowest BCUT2D eigenvalue weighted by Crippen LogP contribution is -2.40. The summed E-state index contributed by atoms with van der Waals surface area (Å²) in [4.78, 5) is 23.3. The van der Waals surface area contributed by atoms with E-state index >= 15 is 0 Å². The highest BCUT2D eigenvalue weighted by atomic mass is 16.6. The summed E-state index contributed by atoms with van der Waals surface area (Å²) in [7, 11) is 1.25. The zero-order valence-electron chi connectivity index (χ0n) is 15.3. The zero-order chi connectivity index (χ0) is 18.2. The lowest BCUT2D eigenvalue weighted by molar-refractivity contribution is -0.141.